The first-order valence-corrected chi connectivity index (χ1v) is 6.12. The van der Waals surface area contributed by atoms with Gasteiger partial charge in [-0.25, -0.2) is 4.79 Å². The molecule has 1 aromatic carbocycles. The summed E-state index contributed by atoms with van der Waals surface area (Å²) in [7, 11) is 0. The van der Waals surface area contributed by atoms with Gasteiger partial charge in [0, 0.05) is 5.56 Å². The van der Waals surface area contributed by atoms with E-state index in [2.05, 4.69) is 13.2 Å². The van der Waals surface area contributed by atoms with Crippen LogP contribution < -0.4 is 4.74 Å². The van der Waals surface area contributed by atoms with Crippen molar-refractivity contribution in [2.45, 2.75) is 32.8 Å². The van der Waals surface area contributed by atoms with Gasteiger partial charge in [-0.2, -0.15) is 0 Å². The summed E-state index contributed by atoms with van der Waals surface area (Å²) in [6, 6.07) is 7.23. The molecule has 0 aromatic heterocycles. The fourth-order valence-electron chi connectivity index (χ4n) is 1.49. The Bertz CT molecular complexity index is 481. The molecule has 0 unspecified atom stereocenters. The second-order valence-corrected chi connectivity index (χ2v) is 5.16. The second kappa shape index (κ2) is 6.23. The SMILES string of the molecule is C=CCC(=C)c1ccccc1OC(=O)OC(C)(C)C. The van der Waals surface area contributed by atoms with Gasteiger partial charge in [0.15, 0.2) is 0 Å². The number of ether oxygens (including phenoxy) is 2. The number of benzene rings is 1. The van der Waals surface area contributed by atoms with Crippen molar-refractivity contribution in [2.75, 3.05) is 0 Å². The summed E-state index contributed by atoms with van der Waals surface area (Å²) in [5.74, 6) is 0.448. The fourth-order valence-corrected chi connectivity index (χ4v) is 1.49. The molecule has 0 amide bonds. The monoisotopic (exact) mass is 260 g/mol. The van der Waals surface area contributed by atoms with Gasteiger partial charge < -0.3 is 9.47 Å². The molecule has 0 fully saturated rings. The van der Waals surface area contributed by atoms with Crippen molar-refractivity contribution in [2.24, 2.45) is 0 Å². The van der Waals surface area contributed by atoms with Crippen LogP contribution in [0.4, 0.5) is 4.79 Å². The first kappa shape index (κ1) is 15.0. The molecule has 1 rings (SSSR count). The lowest BCUT2D eigenvalue weighted by Gasteiger charge is -2.19. The van der Waals surface area contributed by atoms with Gasteiger partial charge in [0.25, 0.3) is 0 Å². The quantitative estimate of drug-likeness (QED) is 0.451. The fraction of sp³-hybridized carbons (Fsp3) is 0.312. The van der Waals surface area contributed by atoms with Crippen molar-refractivity contribution in [3.05, 3.63) is 49.1 Å². The summed E-state index contributed by atoms with van der Waals surface area (Å²) in [4.78, 5) is 11.7. The Labute approximate surface area is 114 Å². The van der Waals surface area contributed by atoms with E-state index in [0.717, 1.165) is 11.1 Å². The Balaban J connectivity index is 2.86. The van der Waals surface area contributed by atoms with E-state index in [-0.39, 0.29) is 0 Å². The number of carbonyl (C=O) groups excluding carboxylic acids is 1. The van der Waals surface area contributed by atoms with Crippen LogP contribution in [0.1, 0.15) is 32.8 Å². The minimum Gasteiger partial charge on any atom is -0.428 e. The van der Waals surface area contributed by atoms with Gasteiger partial charge in [0.1, 0.15) is 11.4 Å². The Morgan fingerprint density at radius 1 is 1.32 bits per heavy atom. The maximum absolute atomic E-state index is 11.7. The molecule has 0 atom stereocenters. The summed E-state index contributed by atoms with van der Waals surface area (Å²) in [5, 5.41) is 0. The van der Waals surface area contributed by atoms with Crippen LogP contribution in [0, 0.1) is 0 Å². The molecule has 19 heavy (non-hydrogen) atoms. The highest BCUT2D eigenvalue weighted by atomic mass is 16.7. The van der Waals surface area contributed by atoms with E-state index in [9.17, 15) is 4.79 Å². The molecule has 3 heteroatoms. The standard InChI is InChI=1S/C16H20O3/c1-6-9-12(2)13-10-7-8-11-14(13)18-15(17)19-16(3,4)5/h6-8,10-11H,1-2,9H2,3-5H3. The van der Waals surface area contributed by atoms with Crippen LogP contribution in [0.25, 0.3) is 5.57 Å². The molecule has 3 nitrogen and oxygen atoms in total. The number of carbonyl (C=O) groups is 1. The molecule has 0 aliphatic rings. The van der Waals surface area contributed by atoms with Gasteiger partial charge in [-0.1, -0.05) is 30.9 Å². The molecule has 1 aromatic rings. The first-order valence-electron chi connectivity index (χ1n) is 6.12. The highest BCUT2D eigenvalue weighted by Crippen LogP contribution is 2.27. The summed E-state index contributed by atoms with van der Waals surface area (Å²) < 4.78 is 10.4. The normalized spacial score (nSPS) is 10.7. The molecule has 0 aliphatic carbocycles. The molecular formula is C16H20O3. The molecule has 0 aliphatic heterocycles. The Kier molecular flexibility index (Phi) is 4.93. The molecule has 0 saturated carbocycles. The molecular weight excluding hydrogens is 240 g/mol. The third-order valence-corrected chi connectivity index (χ3v) is 2.24. The number of allylic oxidation sites excluding steroid dienone is 2. The van der Waals surface area contributed by atoms with Crippen LogP contribution in [0.2, 0.25) is 0 Å². The smallest absolute Gasteiger partial charge is 0.428 e. The zero-order valence-corrected chi connectivity index (χ0v) is 11.7. The third-order valence-electron chi connectivity index (χ3n) is 2.24. The van der Waals surface area contributed by atoms with Crippen molar-refractivity contribution < 1.29 is 14.3 Å². The van der Waals surface area contributed by atoms with E-state index in [4.69, 9.17) is 9.47 Å². The van der Waals surface area contributed by atoms with E-state index >= 15 is 0 Å². The third kappa shape index (κ3) is 5.00. The van der Waals surface area contributed by atoms with Crippen LogP contribution in [-0.4, -0.2) is 11.8 Å². The molecule has 0 heterocycles. The predicted molar refractivity (Wildman–Crippen MR) is 77.2 cm³/mol. The minimum absolute atomic E-state index is 0.448. The lowest BCUT2D eigenvalue weighted by atomic mass is 10.0. The van der Waals surface area contributed by atoms with E-state index in [1.165, 1.54) is 0 Å². The first-order chi connectivity index (χ1) is 8.83. The summed E-state index contributed by atoms with van der Waals surface area (Å²) in [6.45, 7) is 13.0. The Morgan fingerprint density at radius 2 is 1.95 bits per heavy atom. The zero-order chi connectivity index (χ0) is 14.5. The highest BCUT2D eigenvalue weighted by molar-refractivity contribution is 5.73. The molecule has 0 radical (unpaired) electrons. The maximum atomic E-state index is 11.7. The Morgan fingerprint density at radius 3 is 2.53 bits per heavy atom. The molecule has 102 valence electrons. The lowest BCUT2D eigenvalue weighted by Crippen LogP contribution is -2.26. The summed E-state index contributed by atoms with van der Waals surface area (Å²) >= 11 is 0. The van der Waals surface area contributed by atoms with E-state index < -0.39 is 11.8 Å². The highest BCUT2D eigenvalue weighted by Gasteiger charge is 2.19. The molecule has 0 spiro atoms. The second-order valence-electron chi connectivity index (χ2n) is 5.16. The average molecular weight is 260 g/mol. The van der Waals surface area contributed by atoms with Gasteiger partial charge >= 0.3 is 6.16 Å². The van der Waals surface area contributed by atoms with Gasteiger partial charge in [-0.05, 0) is 38.8 Å². The van der Waals surface area contributed by atoms with Crippen molar-refractivity contribution in [3.8, 4) is 5.75 Å². The number of hydrogen-bond acceptors (Lipinski definition) is 3. The minimum atomic E-state index is -0.716. The van der Waals surface area contributed by atoms with Crippen LogP contribution >= 0.6 is 0 Å². The molecule has 0 saturated heterocycles. The van der Waals surface area contributed by atoms with Crippen molar-refractivity contribution in [1.82, 2.24) is 0 Å². The average Bonchev–Trinajstić information content (AvgIpc) is 2.27. The Hall–Kier alpha value is -2.03. The van der Waals surface area contributed by atoms with Crippen LogP contribution in [0.15, 0.2) is 43.5 Å². The van der Waals surface area contributed by atoms with E-state index in [0.29, 0.717) is 12.2 Å². The zero-order valence-electron chi connectivity index (χ0n) is 11.7. The molecule has 0 bridgehead atoms. The summed E-state index contributed by atoms with van der Waals surface area (Å²) in [6.07, 6.45) is 1.67. The van der Waals surface area contributed by atoms with Gasteiger partial charge in [0.2, 0.25) is 0 Å². The largest absolute Gasteiger partial charge is 0.514 e. The van der Waals surface area contributed by atoms with Crippen LogP contribution in [0.3, 0.4) is 0 Å². The van der Waals surface area contributed by atoms with Crippen molar-refractivity contribution >= 4 is 11.7 Å². The number of rotatable bonds is 4. The van der Waals surface area contributed by atoms with Gasteiger partial charge in [0.05, 0.1) is 0 Å². The lowest BCUT2D eigenvalue weighted by molar-refractivity contribution is 0.0205. The number of para-hydroxylation sites is 1. The van der Waals surface area contributed by atoms with E-state index in [1.54, 1.807) is 39.0 Å². The number of hydrogen-bond donors (Lipinski definition) is 0. The van der Waals surface area contributed by atoms with Crippen LogP contribution in [0.5, 0.6) is 5.75 Å². The maximum Gasteiger partial charge on any atom is 0.514 e. The van der Waals surface area contributed by atoms with E-state index in [1.807, 2.05) is 12.1 Å². The van der Waals surface area contributed by atoms with Crippen molar-refractivity contribution in [3.63, 3.8) is 0 Å². The topological polar surface area (TPSA) is 35.5 Å². The van der Waals surface area contributed by atoms with Crippen molar-refractivity contribution in [1.29, 1.82) is 0 Å². The van der Waals surface area contributed by atoms with Crippen LogP contribution in [-0.2, 0) is 4.74 Å². The van der Waals surface area contributed by atoms with Gasteiger partial charge in [-0.3, -0.25) is 0 Å². The summed E-state index contributed by atoms with van der Waals surface area (Å²) in [5.41, 5.74) is 1.05. The predicted octanol–water partition coefficient (Wildman–Crippen LogP) is 4.59. The molecule has 0 N–H and O–H groups in total. The van der Waals surface area contributed by atoms with Gasteiger partial charge in [-0.15, -0.1) is 6.58 Å².